The van der Waals surface area contributed by atoms with E-state index in [0.717, 1.165) is 5.56 Å². The monoisotopic (exact) mass is 491 g/mol. The number of ether oxygens (including phenoxy) is 1. The number of para-hydroxylation sites is 1. The largest absolute Gasteiger partial charge is 0.497 e. The topological polar surface area (TPSA) is 79.0 Å². The van der Waals surface area contributed by atoms with Crippen LogP contribution in [0.4, 0.5) is 21.5 Å². The standard InChI is InChI=1S/C26H22FN3O4S/c1-16-4-3-5-21-24(16)29(14-22(31)28-18-8-12-20(34-2)13-9-18)25(33)26(21)30(23(32)15-35-26)19-10-6-17(27)7-11-19/h3-13H,14-15H2,1-2H3,(H,28,31). The van der Waals surface area contributed by atoms with Crippen LogP contribution in [0.2, 0.25) is 0 Å². The fourth-order valence-electron chi connectivity index (χ4n) is 4.60. The summed E-state index contributed by atoms with van der Waals surface area (Å²) in [6.45, 7) is 1.64. The summed E-state index contributed by atoms with van der Waals surface area (Å²) in [6, 6.07) is 17.9. The van der Waals surface area contributed by atoms with Gasteiger partial charge in [0, 0.05) is 16.9 Å². The highest BCUT2D eigenvalue weighted by atomic mass is 32.2. The van der Waals surface area contributed by atoms with Gasteiger partial charge in [0.1, 0.15) is 18.1 Å². The van der Waals surface area contributed by atoms with Gasteiger partial charge < -0.3 is 10.1 Å². The number of rotatable bonds is 5. The molecule has 1 N–H and O–H groups in total. The minimum absolute atomic E-state index is 0.0857. The Morgan fingerprint density at radius 1 is 1.09 bits per heavy atom. The Hall–Kier alpha value is -3.85. The first-order valence-electron chi connectivity index (χ1n) is 10.9. The highest BCUT2D eigenvalue weighted by molar-refractivity contribution is 8.02. The molecule has 1 saturated heterocycles. The third-order valence-electron chi connectivity index (χ3n) is 6.14. The summed E-state index contributed by atoms with van der Waals surface area (Å²) in [5.41, 5.74) is 3.05. The van der Waals surface area contributed by atoms with E-state index >= 15 is 0 Å². The van der Waals surface area contributed by atoms with Crippen molar-refractivity contribution < 1.29 is 23.5 Å². The van der Waals surface area contributed by atoms with Gasteiger partial charge in [-0.25, -0.2) is 4.39 Å². The van der Waals surface area contributed by atoms with E-state index in [1.165, 1.54) is 45.8 Å². The number of amides is 3. The fourth-order valence-corrected chi connectivity index (χ4v) is 5.95. The second-order valence-electron chi connectivity index (χ2n) is 8.28. The van der Waals surface area contributed by atoms with E-state index in [4.69, 9.17) is 4.74 Å². The first-order chi connectivity index (χ1) is 16.8. The van der Waals surface area contributed by atoms with Gasteiger partial charge >= 0.3 is 0 Å². The molecule has 0 radical (unpaired) electrons. The van der Waals surface area contributed by atoms with Gasteiger partial charge in [0.2, 0.25) is 16.7 Å². The maximum Gasteiger partial charge on any atom is 0.269 e. The highest BCUT2D eigenvalue weighted by Crippen LogP contribution is 2.56. The molecule has 0 saturated carbocycles. The van der Waals surface area contributed by atoms with E-state index in [1.807, 2.05) is 25.1 Å². The summed E-state index contributed by atoms with van der Waals surface area (Å²) in [5, 5.41) is 2.81. The van der Waals surface area contributed by atoms with Crippen LogP contribution in [0.25, 0.3) is 0 Å². The van der Waals surface area contributed by atoms with Gasteiger partial charge in [-0.15, -0.1) is 11.8 Å². The molecule has 0 aliphatic carbocycles. The number of anilines is 3. The van der Waals surface area contributed by atoms with Crippen LogP contribution < -0.4 is 19.9 Å². The second-order valence-corrected chi connectivity index (χ2v) is 9.45. The van der Waals surface area contributed by atoms with Crippen LogP contribution in [-0.4, -0.2) is 37.1 Å². The van der Waals surface area contributed by atoms with Crippen LogP contribution in [0.5, 0.6) is 5.75 Å². The molecular weight excluding hydrogens is 469 g/mol. The molecule has 3 aromatic rings. The van der Waals surface area contributed by atoms with Gasteiger partial charge in [-0.2, -0.15) is 0 Å². The SMILES string of the molecule is COc1ccc(NC(=O)CN2C(=O)C3(SCC(=O)N3c3ccc(F)cc3)c3cccc(C)c32)cc1. The minimum Gasteiger partial charge on any atom is -0.497 e. The lowest BCUT2D eigenvalue weighted by Gasteiger charge is -2.33. The first-order valence-corrected chi connectivity index (χ1v) is 11.9. The number of hydrogen-bond donors (Lipinski definition) is 1. The van der Waals surface area contributed by atoms with Crippen molar-refractivity contribution in [3.05, 3.63) is 83.7 Å². The number of nitrogens with one attached hydrogen (secondary N) is 1. The first kappa shape index (κ1) is 22.9. The van der Waals surface area contributed by atoms with E-state index in [2.05, 4.69) is 5.32 Å². The Morgan fingerprint density at radius 3 is 2.49 bits per heavy atom. The second kappa shape index (κ2) is 8.74. The summed E-state index contributed by atoms with van der Waals surface area (Å²) in [7, 11) is 1.56. The summed E-state index contributed by atoms with van der Waals surface area (Å²) in [5.74, 6) is -0.709. The summed E-state index contributed by atoms with van der Waals surface area (Å²) >= 11 is 1.21. The lowest BCUT2D eigenvalue weighted by atomic mass is 10.0. The average Bonchev–Trinajstić information content (AvgIpc) is 3.31. The van der Waals surface area contributed by atoms with Crippen LogP contribution in [-0.2, 0) is 19.3 Å². The van der Waals surface area contributed by atoms with E-state index in [-0.39, 0.29) is 30.0 Å². The van der Waals surface area contributed by atoms with Crippen molar-refractivity contribution in [3.8, 4) is 5.75 Å². The normalized spacial score (nSPS) is 18.8. The molecule has 7 nitrogen and oxygen atoms in total. The molecule has 0 bridgehead atoms. The van der Waals surface area contributed by atoms with Gasteiger partial charge in [0.15, 0.2) is 0 Å². The van der Waals surface area contributed by atoms with Gasteiger partial charge in [0.05, 0.1) is 18.6 Å². The number of carbonyl (C=O) groups is 3. The maximum absolute atomic E-state index is 14.0. The maximum atomic E-state index is 14.0. The fraction of sp³-hybridized carbons (Fsp3) is 0.192. The lowest BCUT2D eigenvalue weighted by molar-refractivity contribution is -0.124. The molecule has 9 heteroatoms. The van der Waals surface area contributed by atoms with E-state index < -0.39 is 10.7 Å². The number of thioether (sulfide) groups is 1. The minimum atomic E-state index is -1.36. The molecule has 1 atom stereocenters. The number of hydrogen-bond acceptors (Lipinski definition) is 5. The average molecular weight is 492 g/mol. The van der Waals surface area contributed by atoms with E-state index in [9.17, 15) is 18.8 Å². The van der Waals surface area contributed by atoms with Crippen LogP contribution in [0.1, 0.15) is 11.1 Å². The quantitative estimate of drug-likeness (QED) is 0.582. The lowest BCUT2D eigenvalue weighted by Crippen LogP contribution is -2.50. The van der Waals surface area contributed by atoms with Gasteiger partial charge in [-0.3, -0.25) is 24.2 Å². The van der Waals surface area contributed by atoms with Crippen LogP contribution in [0.15, 0.2) is 66.7 Å². The third kappa shape index (κ3) is 3.72. The number of nitrogens with zero attached hydrogens (tertiary/aromatic N) is 2. The predicted octanol–water partition coefficient (Wildman–Crippen LogP) is 4.06. The molecule has 178 valence electrons. The molecular formula is C26H22FN3O4S. The summed E-state index contributed by atoms with van der Waals surface area (Å²) in [6.07, 6.45) is 0. The number of halogens is 1. The Bertz CT molecular complexity index is 1330. The number of fused-ring (bicyclic) bond motifs is 2. The Labute approximate surface area is 205 Å². The molecule has 3 amide bonds. The molecule has 2 aliphatic rings. The van der Waals surface area contributed by atoms with Crippen LogP contribution >= 0.6 is 11.8 Å². The number of benzene rings is 3. The van der Waals surface area contributed by atoms with Gasteiger partial charge in [0.25, 0.3) is 5.91 Å². The van der Waals surface area contributed by atoms with Gasteiger partial charge in [-0.1, -0.05) is 18.2 Å². The zero-order valence-electron chi connectivity index (χ0n) is 19.1. The number of methoxy groups -OCH3 is 1. The molecule has 35 heavy (non-hydrogen) atoms. The third-order valence-corrected chi connectivity index (χ3v) is 7.52. The number of carbonyl (C=O) groups excluding carboxylic acids is 3. The number of aryl methyl sites for hydroxylation is 1. The zero-order chi connectivity index (χ0) is 24.7. The molecule has 1 fully saturated rings. The van der Waals surface area contributed by atoms with Crippen molar-refractivity contribution in [1.29, 1.82) is 0 Å². The Balaban J connectivity index is 1.51. The molecule has 5 rings (SSSR count). The molecule has 3 aromatic carbocycles. The van der Waals surface area contributed by atoms with Crippen LogP contribution in [0, 0.1) is 12.7 Å². The molecule has 2 aliphatic heterocycles. The van der Waals surface area contributed by atoms with E-state index in [0.29, 0.717) is 28.4 Å². The van der Waals surface area contributed by atoms with Crippen molar-refractivity contribution in [3.63, 3.8) is 0 Å². The summed E-state index contributed by atoms with van der Waals surface area (Å²) in [4.78, 5) is 41.6. The van der Waals surface area contributed by atoms with Crippen molar-refractivity contribution >= 4 is 46.5 Å². The predicted molar refractivity (Wildman–Crippen MR) is 133 cm³/mol. The Kier molecular flexibility index (Phi) is 5.72. The van der Waals surface area contributed by atoms with Gasteiger partial charge in [-0.05, 0) is 61.0 Å². The van der Waals surface area contributed by atoms with Crippen molar-refractivity contribution in [2.75, 3.05) is 34.5 Å². The Morgan fingerprint density at radius 2 is 1.80 bits per heavy atom. The zero-order valence-corrected chi connectivity index (χ0v) is 19.9. The van der Waals surface area contributed by atoms with E-state index in [1.54, 1.807) is 31.4 Å². The molecule has 2 heterocycles. The van der Waals surface area contributed by atoms with Crippen molar-refractivity contribution in [1.82, 2.24) is 0 Å². The molecule has 1 unspecified atom stereocenters. The van der Waals surface area contributed by atoms with Crippen molar-refractivity contribution in [2.45, 2.75) is 11.8 Å². The van der Waals surface area contributed by atoms with Crippen molar-refractivity contribution in [2.24, 2.45) is 0 Å². The summed E-state index contributed by atoms with van der Waals surface area (Å²) < 4.78 is 18.7. The molecule has 0 aromatic heterocycles. The van der Waals surface area contributed by atoms with Crippen LogP contribution in [0.3, 0.4) is 0 Å². The smallest absolute Gasteiger partial charge is 0.269 e. The molecule has 1 spiro atoms. The highest BCUT2D eigenvalue weighted by Gasteiger charge is 2.61.